The van der Waals surface area contributed by atoms with E-state index in [0.717, 1.165) is 52.1 Å². The molecule has 4 aromatic rings. The third-order valence-electron chi connectivity index (χ3n) is 6.26. The molecule has 1 fully saturated rings. The smallest absolute Gasteiger partial charge is 0.146 e. The highest BCUT2D eigenvalue weighted by atomic mass is 35.5. The van der Waals surface area contributed by atoms with E-state index in [-0.39, 0.29) is 0 Å². The van der Waals surface area contributed by atoms with Gasteiger partial charge in [-0.3, -0.25) is 0 Å². The molecule has 0 unspecified atom stereocenters. The summed E-state index contributed by atoms with van der Waals surface area (Å²) in [6, 6.07) is 29.0. The highest BCUT2D eigenvalue weighted by Gasteiger charge is 2.21. The van der Waals surface area contributed by atoms with Crippen molar-refractivity contribution < 1.29 is 4.74 Å². The molecule has 0 atom stereocenters. The van der Waals surface area contributed by atoms with Crippen LogP contribution in [0, 0.1) is 5.92 Å². The molecule has 1 saturated heterocycles. The van der Waals surface area contributed by atoms with Gasteiger partial charge in [0.25, 0.3) is 0 Å². The van der Waals surface area contributed by atoms with Crippen LogP contribution in [0.4, 0.5) is 5.82 Å². The van der Waals surface area contributed by atoms with Gasteiger partial charge < -0.3 is 9.64 Å². The van der Waals surface area contributed by atoms with E-state index in [2.05, 4.69) is 53.4 Å². The molecule has 0 bridgehead atoms. The van der Waals surface area contributed by atoms with Gasteiger partial charge in [0.2, 0.25) is 0 Å². The van der Waals surface area contributed by atoms with E-state index in [9.17, 15) is 0 Å². The van der Waals surface area contributed by atoms with Crippen molar-refractivity contribution in [3.63, 3.8) is 0 Å². The van der Waals surface area contributed by atoms with Crippen molar-refractivity contribution >= 4 is 28.3 Å². The van der Waals surface area contributed by atoms with E-state index in [0.29, 0.717) is 6.61 Å². The molecule has 0 amide bonds. The molecule has 1 aromatic heterocycles. The molecule has 0 aliphatic carbocycles. The molecule has 162 valence electrons. The number of hydrogen-bond donors (Lipinski definition) is 0. The highest BCUT2D eigenvalue weighted by Crippen LogP contribution is 2.30. The first-order valence-electron chi connectivity index (χ1n) is 11.3. The number of piperidine rings is 1. The van der Waals surface area contributed by atoms with Crippen LogP contribution in [0.25, 0.3) is 10.9 Å². The number of halogens is 1. The Morgan fingerprint density at radius 2 is 1.62 bits per heavy atom. The Bertz CT molecular complexity index is 1190. The standard InChI is InChI=1S/C28H27ClN2O/c29-25-10-4-8-23(19-25)20-32-26-11-5-9-24-12-13-27(30-28(24)26)31-16-14-22(15-17-31)18-21-6-2-1-3-7-21/h1-13,19,22H,14-18,20H2. The predicted octanol–water partition coefficient (Wildman–Crippen LogP) is 6.93. The number of ether oxygens (including phenoxy) is 1. The lowest BCUT2D eigenvalue weighted by Gasteiger charge is -2.33. The Morgan fingerprint density at radius 3 is 2.44 bits per heavy atom. The van der Waals surface area contributed by atoms with Gasteiger partial charge in [0.05, 0.1) is 0 Å². The minimum Gasteiger partial charge on any atom is -0.487 e. The molecule has 3 nitrogen and oxygen atoms in total. The molecule has 4 heteroatoms. The van der Waals surface area contributed by atoms with Crippen LogP contribution >= 0.6 is 11.6 Å². The first-order valence-corrected chi connectivity index (χ1v) is 11.7. The number of anilines is 1. The Labute approximate surface area is 194 Å². The quantitative estimate of drug-likeness (QED) is 0.324. The second-order valence-corrected chi connectivity index (χ2v) is 8.97. The van der Waals surface area contributed by atoms with Crippen molar-refractivity contribution in [1.29, 1.82) is 0 Å². The molecule has 2 heterocycles. The van der Waals surface area contributed by atoms with Crippen LogP contribution < -0.4 is 9.64 Å². The third kappa shape index (κ3) is 4.89. The Balaban J connectivity index is 1.28. The largest absolute Gasteiger partial charge is 0.487 e. The lowest BCUT2D eigenvalue weighted by atomic mass is 9.90. The predicted molar refractivity (Wildman–Crippen MR) is 133 cm³/mol. The number of para-hydroxylation sites is 1. The van der Waals surface area contributed by atoms with Crippen LogP contribution in [0.15, 0.2) is 84.9 Å². The molecule has 3 aromatic carbocycles. The van der Waals surface area contributed by atoms with Crippen molar-refractivity contribution in [2.24, 2.45) is 5.92 Å². The van der Waals surface area contributed by atoms with Gasteiger partial charge in [-0.25, -0.2) is 4.98 Å². The summed E-state index contributed by atoms with van der Waals surface area (Å²) in [7, 11) is 0. The van der Waals surface area contributed by atoms with Gasteiger partial charge in [-0.05, 0) is 66.6 Å². The average molecular weight is 443 g/mol. The van der Waals surface area contributed by atoms with Gasteiger partial charge >= 0.3 is 0 Å². The number of nitrogens with zero attached hydrogens (tertiary/aromatic N) is 2. The zero-order valence-corrected chi connectivity index (χ0v) is 18.8. The third-order valence-corrected chi connectivity index (χ3v) is 6.49. The molecule has 5 rings (SSSR count). The summed E-state index contributed by atoms with van der Waals surface area (Å²) in [5.41, 5.74) is 3.40. The SMILES string of the molecule is Clc1cccc(COc2cccc3ccc(N4CCC(Cc5ccccc5)CC4)nc23)c1. The summed E-state index contributed by atoms with van der Waals surface area (Å²) in [5, 5.41) is 1.82. The number of aromatic nitrogens is 1. The molecule has 0 radical (unpaired) electrons. The van der Waals surface area contributed by atoms with E-state index >= 15 is 0 Å². The van der Waals surface area contributed by atoms with Gasteiger partial charge in [-0.15, -0.1) is 0 Å². The van der Waals surface area contributed by atoms with E-state index in [4.69, 9.17) is 21.3 Å². The van der Waals surface area contributed by atoms with Gasteiger partial charge in [0.1, 0.15) is 23.7 Å². The molecule has 0 spiro atoms. The number of fused-ring (bicyclic) bond motifs is 1. The lowest BCUT2D eigenvalue weighted by molar-refractivity contribution is 0.309. The summed E-state index contributed by atoms with van der Waals surface area (Å²) in [6.07, 6.45) is 3.56. The first kappa shape index (κ1) is 20.8. The molecule has 32 heavy (non-hydrogen) atoms. The molecule has 1 aliphatic rings. The minimum absolute atomic E-state index is 0.469. The van der Waals surface area contributed by atoms with Crippen LogP contribution in [0.3, 0.4) is 0 Å². The van der Waals surface area contributed by atoms with Gasteiger partial charge in [0, 0.05) is 23.5 Å². The van der Waals surface area contributed by atoms with Crippen molar-refractivity contribution in [3.05, 3.63) is 101 Å². The van der Waals surface area contributed by atoms with Crippen molar-refractivity contribution in [2.75, 3.05) is 18.0 Å². The maximum absolute atomic E-state index is 6.15. The normalized spacial score (nSPS) is 14.6. The Morgan fingerprint density at radius 1 is 0.844 bits per heavy atom. The maximum atomic E-state index is 6.15. The molecule has 1 aliphatic heterocycles. The Kier molecular flexibility index (Phi) is 6.27. The fraction of sp³-hybridized carbons (Fsp3) is 0.250. The lowest BCUT2D eigenvalue weighted by Crippen LogP contribution is -2.34. The average Bonchev–Trinajstić information content (AvgIpc) is 2.84. The monoisotopic (exact) mass is 442 g/mol. The fourth-order valence-corrected chi connectivity index (χ4v) is 4.72. The van der Waals surface area contributed by atoms with Gasteiger partial charge in [-0.2, -0.15) is 0 Å². The van der Waals surface area contributed by atoms with Crippen LogP contribution in [0.5, 0.6) is 5.75 Å². The summed E-state index contributed by atoms with van der Waals surface area (Å²) in [6.45, 7) is 2.56. The number of rotatable bonds is 6. The summed E-state index contributed by atoms with van der Waals surface area (Å²) in [5.74, 6) is 2.59. The second-order valence-electron chi connectivity index (χ2n) is 8.54. The Hall–Kier alpha value is -3.04. The van der Waals surface area contributed by atoms with Crippen molar-refractivity contribution in [1.82, 2.24) is 4.98 Å². The molecular formula is C28H27ClN2O. The summed E-state index contributed by atoms with van der Waals surface area (Å²) >= 11 is 6.11. The summed E-state index contributed by atoms with van der Waals surface area (Å²) in [4.78, 5) is 7.42. The zero-order valence-electron chi connectivity index (χ0n) is 18.1. The molecular weight excluding hydrogens is 416 g/mol. The summed E-state index contributed by atoms with van der Waals surface area (Å²) < 4.78 is 6.15. The molecule has 0 N–H and O–H groups in total. The highest BCUT2D eigenvalue weighted by molar-refractivity contribution is 6.30. The fourth-order valence-electron chi connectivity index (χ4n) is 4.50. The minimum atomic E-state index is 0.469. The topological polar surface area (TPSA) is 25.4 Å². The van der Waals surface area contributed by atoms with Crippen LogP contribution in [-0.4, -0.2) is 18.1 Å². The molecule has 0 saturated carbocycles. The number of hydrogen-bond acceptors (Lipinski definition) is 3. The van der Waals surface area contributed by atoms with Crippen molar-refractivity contribution in [2.45, 2.75) is 25.9 Å². The van der Waals surface area contributed by atoms with Crippen LogP contribution in [-0.2, 0) is 13.0 Å². The van der Waals surface area contributed by atoms with Crippen molar-refractivity contribution in [3.8, 4) is 5.75 Å². The van der Waals surface area contributed by atoms with E-state index < -0.39 is 0 Å². The van der Waals surface area contributed by atoms with Crippen LogP contribution in [0.2, 0.25) is 5.02 Å². The maximum Gasteiger partial charge on any atom is 0.146 e. The van der Waals surface area contributed by atoms with E-state index in [1.807, 2.05) is 36.4 Å². The van der Waals surface area contributed by atoms with Gasteiger partial charge in [0.15, 0.2) is 0 Å². The first-order chi connectivity index (χ1) is 15.7. The van der Waals surface area contributed by atoms with Gasteiger partial charge in [-0.1, -0.05) is 66.2 Å². The second kappa shape index (κ2) is 9.62. The van der Waals surface area contributed by atoms with Crippen LogP contribution in [0.1, 0.15) is 24.0 Å². The zero-order chi connectivity index (χ0) is 21.8. The van der Waals surface area contributed by atoms with E-state index in [1.54, 1.807) is 0 Å². The number of pyridine rings is 1. The number of benzene rings is 3. The van der Waals surface area contributed by atoms with E-state index in [1.165, 1.54) is 24.8 Å².